The van der Waals surface area contributed by atoms with E-state index < -0.39 is 6.10 Å². The van der Waals surface area contributed by atoms with E-state index in [1.165, 1.54) is 11.3 Å². The zero-order chi connectivity index (χ0) is 13.4. The Bertz CT molecular complexity index is 662. The summed E-state index contributed by atoms with van der Waals surface area (Å²) in [6, 6.07) is 10.5. The largest absolute Gasteiger partial charge is 0.453 e. The summed E-state index contributed by atoms with van der Waals surface area (Å²) >= 11 is 7.04. The van der Waals surface area contributed by atoms with Crippen LogP contribution < -0.4 is 0 Å². The molecule has 5 heteroatoms. The number of Topliss-reactive ketones (excluding diaryl/α,β-unsaturated/α-hetero) is 1. The van der Waals surface area contributed by atoms with Crippen molar-refractivity contribution in [2.24, 2.45) is 0 Å². The normalized spacial score (nSPS) is 17.1. The molecule has 2 aromatic rings. The van der Waals surface area contributed by atoms with Gasteiger partial charge in [0.05, 0.1) is 21.2 Å². The zero-order valence-electron chi connectivity index (χ0n) is 9.76. The summed E-state index contributed by atoms with van der Waals surface area (Å²) in [5, 5.41) is 0. The number of fused-ring (bicyclic) bond motifs is 1. The molecule has 96 valence electrons. The Hall–Kier alpha value is -1.65. The van der Waals surface area contributed by atoms with Gasteiger partial charge in [0, 0.05) is 5.56 Å². The first-order valence-corrected chi connectivity index (χ1v) is 6.93. The van der Waals surface area contributed by atoms with Crippen LogP contribution in [0.5, 0.6) is 0 Å². The van der Waals surface area contributed by atoms with Crippen molar-refractivity contribution in [2.75, 3.05) is 0 Å². The van der Waals surface area contributed by atoms with Gasteiger partial charge in [0.1, 0.15) is 6.10 Å². The predicted molar refractivity (Wildman–Crippen MR) is 72.9 cm³/mol. The molecule has 0 bridgehead atoms. The SMILES string of the molecule is O=C(C[C@H]1OC(=O)c2ccccc21)c1ccc(Cl)s1. The molecule has 1 aromatic heterocycles. The van der Waals surface area contributed by atoms with Crippen LogP contribution in [-0.2, 0) is 4.74 Å². The predicted octanol–water partition coefficient (Wildman–Crippen LogP) is 3.89. The van der Waals surface area contributed by atoms with E-state index in [4.69, 9.17) is 16.3 Å². The number of ether oxygens (including phenoxy) is 1. The van der Waals surface area contributed by atoms with Gasteiger partial charge in [-0.15, -0.1) is 11.3 Å². The summed E-state index contributed by atoms with van der Waals surface area (Å²) in [6.45, 7) is 0. The van der Waals surface area contributed by atoms with Gasteiger partial charge in [0.15, 0.2) is 5.78 Å². The number of carbonyl (C=O) groups excluding carboxylic acids is 2. The van der Waals surface area contributed by atoms with Gasteiger partial charge < -0.3 is 4.74 Å². The molecule has 19 heavy (non-hydrogen) atoms. The molecule has 0 unspecified atom stereocenters. The molecule has 1 aromatic carbocycles. The van der Waals surface area contributed by atoms with Crippen LogP contribution in [0, 0.1) is 0 Å². The standard InChI is InChI=1S/C14H9ClO3S/c15-13-6-5-12(19-13)10(16)7-11-8-3-1-2-4-9(8)14(17)18-11/h1-6,11H,7H2/t11-/m1/s1. The number of hydrogen-bond donors (Lipinski definition) is 0. The smallest absolute Gasteiger partial charge is 0.339 e. The summed E-state index contributed by atoms with van der Waals surface area (Å²) in [5.74, 6) is -0.427. The molecule has 1 aliphatic heterocycles. The fourth-order valence-electron chi connectivity index (χ4n) is 2.10. The van der Waals surface area contributed by atoms with Crippen LogP contribution in [0.2, 0.25) is 4.34 Å². The Morgan fingerprint density at radius 2 is 2.05 bits per heavy atom. The molecule has 0 radical (unpaired) electrons. The third kappa shape index (κ3) is 2.29. The van der Waals surface area contributed by atoms with Crippen LogP contribution >= 0.6 is 22.9 Å². The maximum atomic E-state index is 12.1. The second-order valence-corrected chi connectivity index (χ2v) is 5.93. The van der Waals surface area contributed by atoms with E-state index in [1.807, 2.05) is 12.1 Å². The Kier molecular flexibility index (Phi) is 3.12. The minimum absolute atomic E-state index is 0.0635. The highest BCUT2D eigenvalue weighted by Gasteiger charge is 2.32. The number of halogens is 1. The van der Waals surface area contributed by atoms with Crippen molar-refractivity contribution in [2.45, 2.75) is 12.5 Å². The zero-order valence-corrected chi connectivity index (χ0v) is 11.3. The minimum atomic E-state index is -0.489. The average Bonchev–Trinajstić information content (AvgIpc) is 2.96. The molecule has 0 N–H and O–H groups in total. The van der Waals surface area contributed by atoms with Crippen molar-refractivity contribution in [3.05, 3.63) is 56.7 Å². The Morgan fingerprint density at radius 1 is 1.26 bits per heavy atom. The number of ketones is 1. The van der Waals surface area contributed by atoms with Crippen molar-refractivity contribution in [1.82, 2.24) is 0 Å². The quantitative estimate of drug-likeness (QED) is 0.637. The van der Waals surface area contributed by atoms with Gasteiger partial charge in [-0.25, -0.2) is 4.79 Å². The van der Waals surface area contributed by atoms with E-state index in [9.17, 15) is 9.59 Å². The Morgan fingerprint density at radius 3 is 2.79 bits per heavy atom. The van der Waals surface area contributed by atoms with Crippen LogP contribution in [0.15, 0.2) is 36.4 Å². The second kappa shape index (κ2) is 4.79. The molecule has 2 heterocycles. The van der Waals surface area contributed by atoms with E-state index in [1.54, 1.807) is 24.3 Å². The van der Waals surface area contributed by atoms with Crippen molar-refractivity contribution in [3.8, 4) is 0 Å². The fraction of sp³-hybridized carbons (Fsp3) is 0.143. The number of benzene rings is 1. The monoisotopic (exact) mass is 292 g/mol. The van der Waals surface area contributed by atoms with Crippen LogP contribution in [0.3, 0.4) is 0 Å². The lowest BCUT2D eigenvalue weighted by atomic mass is 10.0. The number of cyclic esters (lactones) is 1. The van der Waals surface area contributed by atoms with E-state index in [0.29, 0.717) is 14.8 Å². The number of carbonyl (C=O) groups is 2. The van der Waals surface area contributed by atoms with Crippen molar-refractivity contribution in [1.29, 1.82) is 0 Å². The van der Waals surface area contributed by atoms with Gasteiger partial charge in [-0.05, 0) is 18.2 Å². The summed E-state index contributed by atoms with van der Waals surface area (Å²) in [5.41, 5.74) is 1.33. The number of hydrogen-bond acceptors (Lipinski definition) is 4. The lowest BCUT2D eigenvalue weighted by molar-refractivity contribution is 0.0367. The molecule has 1 aliphatic rings. The minimum Gasteiger partial charge on any atom is -0.453 e. The molecule has 3 rings (SSSR count). The molecule has 0 aliphatic carbocycles. The number of esters is 1. The van der Waals surface area contributed by atoms with Gasteiger partial charge in [-0.2, -0.15) is 0 Å². The van der Waals surface area contributed by atoms with Crippen molar-refractivity contribution < 1.29 is 14.3 Å². The summed E-state index contributed by atoms with van der Waals surface area (Å²) in [6.07, 6.45) is -0.336. The van der Waals surface area contributed by atoms with Gasteiger partial charge >= 0.3 is 5.97 Å². The maximum Gasteiger partial charge on any atom is 0.339 e. The lowest BCUT2D eigenvalue weighted by Crippen LogP contribution is -2.06. The summed E-state index contributed by atoms with van der Waals surface area (Å²) in [7, 11) is 0. The third-order valence-electron chi connectivity index (χ3n) is 3.00. The first-order chi connectivity index (χ1) is 9.15. The fourth-order valence-corrected chi connectivity index (χ4v) is 3.10. The second-order valence-electron chi connectivity index (χ2n) is 4.21. The van der Waals surface area contributed by atoms with E-state index in [2.05, 4.69) is 0 Å². The number of rotatable bonds is 3. The Labute approximate surface area is 118 Å². The van der Waals surface area contributed by atoms with E-state index in [0.717, 1.165) is 5.56 Å². The molecular weight excluding hydrogens is 284 g/mol. The average molecular weight is 293 g/mol. The highest BCUT2D eigenvalue weighted by molar-refractivity contribution is 7.18. The highest BCUT2D eigenvalue weighted by Crippen LogP contribution is 2.34. The molecular formula is C14H9ClO3S. The third-order valence-corrected chi connectivity index (χ3v) is 4.27. The summed E-state index contributed by atoms with van der Waals surface area (Å²) < 4.78 is 5.82. The van der Waals surface area contributed by atoms with Crippen LogP contribution in [0.25, 0.3) is 0 Å². The van der Waals surface area contributed by atoms with Crippen LogP contribution in [0.4, 0.5) is 0 Å². The first-order valence-electron chi connectivity index (χ1n) is 5.73. The first kappa shape index (κ1) is 12.4. The summed E-state index contributed by atoms with van der Waals surface area (Å²) in [4.78, 5) is 24.3. The van der Waals surface area contributed by atoms with Crippen LogP contribution in [0.1, 0.15) is 38.1 Å². The topological polar surface area (TPSA) is 43.4 Å². The van der Waals surface area contributed by atoms with Crippen LogP contribution in [-0.4, -0.2) is 11.8 Å². The van der Waals surface area contributed by atoms with E-state index in [-0.39, 0.29) is 18.2 Å². The maximum absolute atomic E-state index is 12.1. The number of thiophene rings is 1. The lowest BCUT2D eigenvalue weighted by Gasteiger charge is -2.08. The van der Waals surface area contributed by atoms with Gasteiger partial charge in [0.25, 0.3) is 0 Å². The molecule has 3 nitrogen and oxygen atoms in total. The molecule has 0 amide bonds. The molecule has 0 saturated carbocycles. The van der Waals surface area contributed by atoms with Gasteiger partial charge in [-0.3, -0.25) is 4.79 Å². The molecule has 1 atom stereocenters. The molecule has 0 spiro atoms. The Balaban J connectivity index is 1.82. The van der Waals surface area contributed by atoms with Crippen molar-refractivity contribution >= 4 is 34.7 Å². The van der Waals surface area contributed by atoms with Gasteiger partial charge in [-0.1, -0.05) is 29.8 Å². The van der Waals surface area contributed by atoms with E-state index >= 15 is 0 Å². The molecule has 0 saturated heterocycles. The molecule has 0 fully saturated rings. The highest BCUT2D eigenvalue weighted by atomic mass is 35.5. The van der Waals surface area contributed by atoms with Crippen molar-refractivity contribution in [3.63, 3.8) is 0 Å². The van der Waals surface area contributed by atoms with Gasteiger partial charge in [0.2, 0.25) is 0 Å².